The zero-order valence-electron chi connectivity index (χ0n) is 17.1. The van der Waals surface area contributed by atoms with E-state index in [1.165, 1.54) is 0 Å². The molecule has 3 rings (SSSR count). The number of Topliss-reactive ketones (excluding diaryl/α,β-unsaturated/α-hetero) is 1. The molecular formula is C23H30O5. The maximum Gasteiger partial charge on any atom is 0.170 e. The van der Waals surface area contributed by atoms with Crippen molar-refractivity contribution >= 4 is 12.1 Å². The molecular weight excluding hydrogens is 356 g/mol. The second-order valence-electron chi connectivity index (χ2n) is 8.91. The van der Waals surface area contributed by atoms with Gasteiger partial charge in [0.05, 0.1) is 5.56 Å². The van der Waals surface area contributed by atoms with Crippen LogP contribution < -0.4 is 4.74 Å². The minimum absolute atomic E-state index is 0.0297. The highest BCUT2D eigenvalue weighted by atomic mass is 16.5. The fraction of sp³-hybridized carbons (Fsp3) is 0.565. The maximum atomic E-state index is 12.9. The highest BCUT2D eigenvalue weighted by molar-refractivity contribution is 6.05. The number of phenols is 2. The van der Waals surface area contributed by atoms with Crippen molar-refractivity contribution in [1.82, 2.24) is 0 Å². The Morgan fingerprint density at radius 1 is 1.25 bits per heavy atom. The molecule has 1 heterocycles. The number of rotatable bonds is 5. The minimum atomic E-state index is -0.535. The summed E-state index contributed by atoms with van der Waals surface area (Å²) in [5.41, 5.74) is -0.296. The van der Waals surface area contributed by atoms with Gasteiger partial charge in [-0.25, -0.2) is 0 Å². The van der Waals surface area contributed by atoms with E-state index in [9.17, 15) is 19.8 Å². The third kappa shape index (κ3) is 3.54. The lowest BCUT2D eigenvalue weighted by Gasteiger charge is -2.41. The fourth-order valence-electron chi connectivity index (χ4n) is 4.29. The van der Waals surface area contributed by atoms with E-state index in [4.69, 9.17) is 4.74 Å². The molecule has 2 atom stereocenters. The zero-order chi connectivity index (χ0) is 20.6. The number of aldehydes is 1. The average molecular weight is 386 g/mol. The molecule has 0 fully saturated rings. The standard InChI is InChI=1S/C23H30O5/c1-13(2)11-18(25)19-21(27)17(12-24)20(26)16-7-10-23(28-22(16)19)8-5-15(6-9-23)14(3)4/h5,8,12-15,26-27H,6-7,9-11H2,1-4H3/t15-,23+/m0/s1. The van der Waals surface area contributed by atoms with E-state index in [1.54, 1.807) is 0 Å². The van der Waals surface area contributed by atoms with Gasteiger partial charge in [0.15, 0.2) is 12.1 Å². The molecule has 0 radical (unpaired) electrons. The third-order valence-electron chi connectivity index (χ3n) is 6.03. The summed E-state index contributed by atoms with van der Waals surface area (Å²) in [6, 6.07) is 0. The summed E-state index contributed by atoms with van der Waals surface area (Å²) in [5.74, 6) is 0.351. The minimum Gasteiger partial charge on any atom is -0.507 e. The molecule has 0 amide bonds. The summed E-state index contributed by atoms with van der Waals surface area (Å²) in [4.78, 5) is 24.3. The van der Waals surface area contributed by atoms with Gasteiger partial charge in [0.1, 0.15) is 28.4 Å². The molecule has 28 heavy (non-hydrogen) atoms. The van der Waals surface area contributed by atoms with Crippen LogP contribution in [0.5, 0.6) is 17.2 Å². The number of carbonyl (C=O) groups excluding carboxylic acids is 2. The van der Waals surface area contributed by atoms with Gasteiger partial charge < -0.3 is 14.9 Å². The van der Waals surface area contributed by atoms with Crippen LogP contribution >= 0.6 is 0 Å². The SMILES string of the molecule is CC(C)CC(=O)c1c(O)c(C=O)c(O)c2c1O[C@@]1(C=C[C@H](C(C)C)CC1)CC2. The Bertz CT molecular complexity index is 821. The molecule has 5 nitrogen and oxygen atoms in total. The number of phenolic OH excluding ortho intramolecular Hbond substituents is 2. The van der Waals surface area contributed by atoms with Crippen molar-refractivity contribution in [3.63, 3.8) is 0 Å². The first-order chi connectivity index (χ1) is 13.2. The van der Waals surface area contributed by atoms with Crippen LogP contribution in [0.2, 0.25) is 0 Å². The topological polar surface area (TPSA) is 83.8 Å². The normalized spacial score (nSPS) is 23.7. The van der Waals surface area contributed by atoms with Gasteiger partial charge in [-0.05, 0) is 49.5 Å². The second kappa shape index (κ2) is 7.61. The lowest BCUT2D eigenvalue weighted by Crippen LogP contribution is -2.41. The molecule has 0 bridgehead atoms. The zero-order valence-corrected chi connectivity index (χ0v) is 17.1. The number of ketones is 1. The van der Waals surface area contributed by atoms with Crippen LogP contribution in [0.25, 0.3) is 0 Å². The Morgan fingerprint density at radius 2 is 1.96 bits per heavy atom. The first-order valence-corrected chi connectivity index (χ1v) is 10.2. The number of ether oxygens (including phenoxy) is 1. The molecule has 0 saturated heterocycles. The lowest BCUT2D eigenvalue weighted by atomic mass is 9.76. The number of hydrogen-bond donors (Lipinski definition) is 2. The second-order valence-corrected chi connectivity index (χ2v) is 8.91. The van der Waals surface area contributed by atoms with Crippen molar-refractivity contribution in [2.24, 2.45) is 17.8 Å². The maximum absolute atomic E-state index is 12.9. The van der Waals surface area contributed by atoms with E-state index >= 15 is 0 Å². The number of allylic oxidation sites excluding steroid dienone is 1. The molecule has 1 aliphatic heterocycles. The first kappa shape index (κ1) is 20.4. The smallest absolute Gasteiger partial charge is 0.170 e. The summed E-state index contributed by atoms with van der Waals surface area (Å²) in [6.07, 6.45) is 7.86. The van der Waals surface area contributed by atoms with E-state index in [0.717, 1.165) is 12.8 Å². The molecule has 2 N–H and O–H groups in total. The van der Waals surface area contributed by atoms with Gasteiger partial charge in [-0.2, -0.15) is 0 Å². The molecule has 0 aromatic heterocycles. The Morgan fingerprint density at radius 3 is 2.50 bits per heavy atom. The van der Waals surface area contributed by atoms with E-state index in [1.807, 2.05) is 13.8 Å². The molecule has 0 unspecified atom stereocenters. The van der Waals surface area contributed by atoms with Gasteiger partial charge in [0, 0.05) is 12.0 Å². The van der Waals surface area contributed by atoms with Crippen LogP contribution in [-0.4, -0.2) is 27.9 Å². The molecule has 152 valence electrons. The predicted octanol–water partition coefficient (Wildman–Crippen LogP) is 4.83. The monoisotopic (exact) mass is 386 g/mol. The molecule has 5 heteroatoms. The average Bonchev–Trinajstić information content (AvgIpc) is 2.61. The Hall–Kier alpha value is -2.30. The molecule has 1 aromatic carbocycles. The van der Waals surface area contributed by atoms with Gasteiger partial charge >= 0.3 is 0 Å². The van der Waals surface area contributed by atoms with E-state index < -0.39 is 11.4 Å². The summed E-state index contributed by atoms with van der Waals surface area (Å²) in [6.45, 7) is 8.23. The van der Waals surface area contributed by atoms with Crippen molar-refractivity contribution in [2.45, 2.75) is 65.4 Å². The Labute approximate surface area is 166 Å². The Balaban J connectivity index is 2.08. The van der Waals surface area contributed by atoms with E-state index in [-0.39, 0.29) is 40.7 Å². The summed E-state index contributed by atoms with van der Waals surface area (Å²) >= 11 is 0. The number of fused-ring (bicyclic) bond motifs is 1. The highest BCUT2D eigenvalue weighted by Gasteiger charge is 2.41. The highest BCUT2D eigenvalue weighted by Crippen LogP contribution is 2.50. The van der Waals surface area contributed by atoms with Crippen LogP contribution in [0.4, 0.5) is 0 Å². The summed E-state index contributed by atoms with van der Waals surface area (Å²) in [5, 5.41) is 21.1. The summed E-state index contributed by atoms with van der Waals surface area (Å²) in [7, 11) is 0. The summed E-state index contributed by atoms with van der Waals surface area (Å²) < 4.78 is 6.34. The van der Waals surface area contributed by atoms with Crippen LogP contribution in [0, 0.1) is 17.8 Å². The first-order valence-electron chi connectivity index (χ1n) is 10.2. The van der Waals surface area contributed by atoms with Crippen molar-refractivity contribution in [1.29, 1.82) is 0 Å². The molecule has 1 aliphatic carbocycles. The van der Waals surface area contributed by atoms with Crippen molar-refractivity contribution in [3.05, 3.63) is 28.8 Å². The van der Waals surface area contributed by atoms with Crippen LogP contribution in [0.15, 0.2) is 12.2 Å². The Kier molecular flexibility index (Phi) is 5.55. The fourth-order valence-corrected chi connectivity index (χ4v) is 4.29. The van der Waals surface area contributed by atoms with Gasteiger partial charge in [0.2, 0.25) is 0 Å². The van der Waals surface area contributed by atoms with E-state index in [2.05, 4.69) is 26.0 Å². The molecule has 1 spiro atoms. The predicted molar refractivity (Wildman–Crippen MR) is 107 cm³/mol. The number of carbonyl (C=O) groups is 2. The van der Waals surface area contributed by atoms with Crippen LogP contribution in [0.3, 0.4) is 0 Å². The van der Waals surface area contributed by atoms with Crippen molar-refractivity contribution in [3.8, 4) is 17.2 Å². The lowest BCUT2D eigenvalue weighted by molar-refractivity contribution is 0.0661. The largest absolute Gasteiger partial charge is 0.507 e. The van der Waals surface area contributed by atoms with Gasteiger partial charge in [-0.3, -0.25) is 9.59 Å². The van der Waals surface area contributed by atoms with Crippen molar-refractivity contribution in [2.75, 3.05) is 0 Å². The number of hydrogen-bond acceptors (Lipinski definition) is 5. The van der Waals surface area contributed by atoms with Gasteiger partial charge in [-0.15, -0.1) is 0 Å². The molecule has 2 aliphatic rings. The molecule has 0 saturated carbocycles. The van der Waals surface area contributed by atoms with Gasteiger partial charge in [-0.1, -0.05) is 33.8 Å². The number of benzene rings is 1. The van der Waals surface area contributed by atoms with Crippen LogP contribution in [0.1, 0.15) is 79.7 Å². The van der Waals surface area contributed by atoms with E-state index in [0.29, 0.717) is 36.5 Å². The van der Waals surface area contributed by atoms with Crippen molar-refractivity contribution < 1.29 is 24.5 Å². The quantitative estimate of drug-likeness (QED) is 0.430. The van der Waals surface area contributed by atoms with Crippen LogP contribution in [-0.2, 0) is 6.42 Å². The van der Waals surface area contributed by atoms with Gasteiger partial charge in [0.25, 0.3) is 0 Å². The molecule has 1 aromatic rings. The third-order valence-corrected chi connectivity index (χ3v) is 6.03. The number of aromatic hydroxyl groups is 2.